The number of aliphatic hydroxyl groups is 1. The topological polar surface area (TPSA) is 23.5 Å². The number of aliphatic hydroxyl groups excluding tert-OH is 1. The maximum Gasteiger partial charge on any atom is 0.0681 e. The summed E-state index contributed by atoms with van der Waals surface area (Å²) in [5.74, 6) is 0. The van der Waals surface area contributed by atoms with Crippen molar-refractivity contribution in [1.82, 2.24) is 0 Å². The van der Waals surface area contributed by atoms with Crippen LogP contribution in [0.15, 0.2) is 18.2 Å². The van der Waals surface area contributed by atoms with Crippen molar-refractivity contribution >= 4 is 5.69 Å². The van der Waals surface area contributed by atoms with Gasteiger partial charge in [-0.25, -0.2) is 0 Å². The van der Waals surface area contributed by atoms with Gasteiger partial charge in [0.15, 0.2) is 0 Å². The van der Waals surface area contributed by atoms with Crippen LogP contribution >= 0.6 is 0 Å². The van der Waals surface area contributed by atoms with Crippen molar-refractivity contribution in [3.05, 3.63) is 29.3 Å². The molecule has 1 N–H and O–H groups in total. The predicted octanol–water partition coefficient (Wildman–Crippen LogP) is 3.50. The molecule has 18 heavy (non-hydrogen) atoms. The van der Waals surface area contributed by atoms with Crippen LogP contribution in [0.25, 0.3) is 0 Å². The van der Waals surface area contributed by atoms with Gasteiger partial charge in [-0.1, -0.05) is 26.0 Å². The lowest BCUT2D eigenvalue weighted by Gasteiger charge is -2.28. The zero-order valence-electron chi connectivity index (χ0n) is 11.9. The summed E-state index contributed by atoms with van der Waals surface area (Å²) in [6.45, 7) is 9.26. The highest BCUT2D eigenvalue weighted by atomic mass is 16.3. The molecule has 0 bridgehead atoms. The molecular weight excluding hydrogens is 222 g/mol. The quantitative estimate of drug-likeness (QED) is 0.880. The van der Waals surface area contributed by atoms with E-state index in [1.165, 1.54) is 43.6 Å². The second-order valence-electron chi connectivity index (χ2n) is 5.66. The summed E-state index contributed by atoms with van der Waals surface area (Å²) in [6, 6.07) is 6.32. The van der Waals surface area contributed by atoms with Crippen molar-refractivity contribution in [2.45, 2.75) is 46.6 Å². The maximum atomic E-state index is 9.16. The maximum absolute atomic E-state index is 9.16. The van der Waals surface area contributed by atoms with Crippen molar-refractivity contribution in [2.24, 2.45) is 5.41 Å². The minimum atomic E-state index is 0.134. The minimum Gasteiger partial charge on any atom is -0.392 e. The van der Waals surface area contributed by atoms with Crippen molar-refractivity contribution in [2.75, 3.05) is 18.0 Å². The molecule has 1 aliphatic rings. The van der Waals surface area contributed by atoms with Crippen molar-refractivity contribution in [3.8, 4) is 0 Å². The van der Waals surface area contributed by atoms with Gasteiger partial charge in [0.1, 0.15) is 0 Å². The van der Waals surface area contributed by atoms with Crippen molar-refractivity contribution < 1.29 is 5.11 Å². The van der Waals surface area contributed by atoms with Crippen LogP contribution in [0.3, 0.4) is 0 Å². The molecule has 2 rings (SSSR count). The molecule has 1 aliphatic heterocycles. The average Bonchev–Trinajstić information content (AvgIpc) is 2.83. The summed E-state index contributed by atoms with van der Waals surface area (Å²) in [7, 11) is 0. The third kappa shape index (κ3) is 2.39. The van der Waals surface area contributed by atoms with Crippen molar-refractivity contribution in [1.29, 1.82) is 0 Å². The van der Waals surface area contributed by atoms with Crippen LogP contribution in [0, 0.1) is 12.3 Å². The second kappa shape index (κ2) is 5.31. The number of hydrogen-bond acceptors (Lipinski definition) is 2. The number of benzene rings is 1. The number of rotatable bonds is 4. The van der Waals surface area contributed by atoms with Crippen LogP contribution in [0.2, 0.25) is 0 Å². The normalized spacial score (nSPS) is 18.3. The highest BCUT2D eigenvalue weighted by Gasteiger charge is 2.35. The molecule has 0 atom stereocenters. The van der Waals surface area contributed by atoms with Gasteiger partial charge < -0.3 is 10.0 Å². The Kier molecular flexibility index (Phi) is 3.96. The molecular formula is C16H25NO. The Labute approximate surface area is 111 Å². The lowest BCUT2D eigenvalue weighted by Crippen LogP contribution is -2.26. The van der Waals surface area contributed by atoms with Crippen LogP contribution in [0.1, 0.15) is 44.2 Å². The standard InChI is InChI=1S/C16H25NO/c1-4-16(5-2)8-9-17(12-16)15-7-6-14(11-18)10-13(15)3/h6-7,10,18H,4-5,8-9,11-12H2,1-3H3. The highest BCUT2D eigenvalue weighted by molar-refractivity contribution is 5.55. The fourth-order valence-electron chi connectivity index (χ4n) is 3.14. The van der Waals surface area contributed by atoms with Crippen LogP contribution < -0.4 is 4.90 Å². The lowest BCUT2D eigenvalue weighted by atomic mass is 9.82. The van der Waals surface area contributed by atoms with E-state index in [9.17, 15) is 0 Å². The van der Waals surface area contributed by atoms with E-state index in [0.29, 0.717) is 5.41 Å². The molecule has 0 amide bonds. The Morgan fingerprint density at radius 2 is 2.00 bits per heavy atom. The van der Waals surface area contributed by atoms with Gasteiger partial charge in [-0.15, -0.1) is 0 Å². The summed E-state index contributed by atoms with van der Waals surface area (Å²) in [5.41, 5.74) is 4.15. The van der Waals surface area contributed by atoms with Gasteiger partial charge in [-0.2, -0.15) is 0 Å². The molecule has 0 unspecified atom stereocenters. The zero-order chi connectivity index (χ0) is 13.2. The molecule has 0 aromatic heterocycles. The summed E-state index contributed by atoms with van der Waals surface area (Å²) in [5, 5.41) is 9.16. The first-order chi connectivity index (χ1) is 8.64. The molecule has 0 spiro atoms. The summed E-state index contributed by atoms with van der Waals surface area (Å²) in [6.07, 6.45) is 3.85. The second-order valence-corrected chi connectivity index (χ2v) is 5.66. The molecule has 100 valence electrons. The van der Waals surface area contributed by atoms with Crippen LogP contribution in [-0.4, -0.2) is 18.2 Å². The summed E-state index contributed by atoms with van der Waals surface area (Å²) in [4.78, 5) is 2.52. The Bertz CT molecular complexity index is 410. The molecule has 2 nitrogen and oxygen atoms in total. The molecule has 1 fully saturated rings. The van der Waals surface area contributed by atoms with Gasteiger partial charge in [0.25, 0.3) is 0 Å². The largest absolute Gasteiger partial charge is 0.392 e. The van der Waals surface area contributed by atoms with E-state index in [4.69, 9.17) is 5.11 Å². The van der Waals surface area contributed by atoms with E-state index in [-0.39, 0.29) is 6.61 Å². The van der Waals surface area contributed by atoms with Gasteiger partial charge >= 0.3 is 0 Å². The number of hydrogen-bond donors (Lipinski definition) is 1. The fraction of sp³-hybridized carbons (Fsp3) is 0.625. The van der Waals surface area contributed by atoms with E-state index in [2.05, 4.69) is 37.8 Å². The monoisotopic (exact) mass is 247 g/mol. The Morgan fingerprint density at radius 1 is 1.28 bits per heavy atom. The molecule has 1 aromatic carbocycles. The summed E-state index contributed by atoms with van der Waals surface area (Å²) >= 11 is 0. The van der Waals surface area contributed by atoms with Crippen LogP contribution in [0.5, 0.6) is 0 Å². The number of anilines is 1. The predicted molar refractivity (Wildman–Crippen MR) is 76.9 cm³/mol. The number of nitrogens with zero attached hydrogens (tertiary/aromatic N) is 1. The number of aryl methyl sites for hydroxylation is 1. The lowest BCUT2D eigenvalue weighted by molar-refractivity contribution is 0.282. The Morgan fingerprint density at radius 3 is 2.50 bits per heavy atom. The Hall–Kier alpha value is -1.02. The first-order valence-corrected chi connectivity index (χ1v) is 7.09. The van der Waals surface area contributed by atoms with Gasteiger partial charge in [0.05, 0.1) is 6.61 Å². The van der Waals surface area contributed by atoms with E-state index < -0.39 is 0 Å². The van der Waals surface area contributed by atoms with E-state index in [1.54, 1.807) is 0 Å². The molecule has 0 aliphatic carbocycles. The minimum absolute atomic E-state index is 0.134. The van der Waals surface area contributed by atoms with Gasteiger partial charge in [0.2, 0.25) is 0 Å². The van der Waals surface area contributed by atoms with Crippen LogP contribution in [-0.2, 0) is 6.61 Å². The smallest absolute Gasteiger partial charge is 0.0681 e. The third-order valence-electron chi connectivity index (χ3n) is 4.72. The van der Waals surface area contributed by atoms with Gasteiger partial charge in [-0.05, 0) is 48.8 Å². The fourth-order valence-corrected chi connectivity index (χ4v) is 3.14. The van der Waals surface area contributed by atoms with E-state index in [1.807, 2.05) is 6.07 Å². The first-order valence-electron chi connectivity index (χ1n) is 7.09. The molecule has 0 saturated carbocycles. The highest BCUT2D eigenvalue weighted by Crippen LogP contribution is 2.39. The van der Waals surface area contributed by atoms with Crippen molar-refractivity contribution in [3.63, 3.8) is 0 Å². The molecule has 2 heteroatoms. The van der Waals surface area contributed by atoms with Gasteiger partial charge in [0, 0.05) is 18.8 Å². The molecule has 1 saturated heterocycles. The van der Waals surface area contributed by atoms with Gasteiger partial charge in [-0.3, -0.25) is 0 Å². The molecule has 0 radical (unpaired) electrons. The van der Waals surface area contributed by atoms with Crippen LogP contribution in [0.4, 0.5) is 5.69 Å². The van der Waals surface area contributed by atoms with E-state index in [0.717, 1.165) is 5.56 Å². The summed E-state index contributed by atoms with van der Waals surface area (Å²) < 4.78 is 0. The first kappa shape index (κ1) is 13.4. The SMILES string of the molecule is CCC1(CC)CCN(c2ccc(CO)cc2C)C1. The molecule has 1 aromatic rings. The average molecular weight is 247 g/mol. The Balaban J connectivity index is 2.19. The van der Waals surface area contributed by atoms with E-state index >= 15 is 0 Å². The molecule has 1 heterocycles. The third-order valence-corrected chi connectivity index (χ3v) is 4.72. The zero-order valence-corrected chi connectivity index (χ0v) is 11.9.